The topological polar surface area (TPSA) is 47.7 Å². The van der Waals surface area contributed by atoms with Crippen molar-refractivity contribution >= 4 is 18.0 Å². The molecule has 0 spiro atoms. The molecule has 5 heteroatoms. The standard InChI is InChI=1S/C9H10N2O2S/c10-9-4-1-6-5-7(2-3-8(6)9)11-12-14-13-11/h2-3,5,9H,1,4,10H2. The molecule has 0 aromatic heterocycles. The molecule has 4 nitrogen and oxygen atoms in total. The number of aryl methyl sites for hydroxylation is 1. The Morgan fingerprint density at radius 2 is 2.29 bits per heavy atom. The first-order valence-corrected chi connectivity index (χ1v) is 5.21. The highest BCUT2D eigenvalue weighted by molar-refractivity contribution is 7.90. The molecular formula is C9H10N2O2S. The highest BCUT2D eigenvalue weighted by atomic mass is 32.2. The molecule has 1 saturated heterocycles. The first-order chi connectivity index (χ1) is 6.84. The Morgan fingerprint density at radius 3 is 3.00 bits per heavy atom. The van der Waals surface area contributed by atoms with E-state index in [9.17, 15) is 0 Å². The van der Waals surface area contributed by atoms with Gasteiger partial charge in [0.05, 0.1) is 5.69 Å². The number of nitrogens with zero attached hydrogens (tertiary/aromatic N) is 1. The van der Waals surface area contributed by atoms with Crippen molar-refractivity contribution in [2.45, 2.75) is 18.9 Å². The van der Waals surface area contributed by atoms with Gasteiger partial charge in [-0.3, -0.25) is 0 Å². The van der Waals surface area contributed by atoms with Gasteiger partial charge in [0.2, 0.25) is 12.3 Å². The third-order valence-corrected chi connectivity index (χ3v) is 3.05. The van der Waals surface area contributed by atoms with Gasteiger partial charge in [0.1, 0.15) is 0 Å². The van der Waals surface area contributed by atoms with Crippen molar-refractivity contribution in [2.75, 3.05) is 5.23 Å². The molecule has 74 valence electrons. The zero-order valence-corrected chi connectivity index (χ0v) is 8.29. The largest absolute Gasteiger partial charge is 0.324 e. The maximum Gasteiger partial charge on any atom is 0.217 e. The zero-order chi connectivity index (χ0) is 9.54. The summed E-state index contributed by atoms with van der Waals surface area (Å²) in [7, 11) is 0. The van der Waals surface area contributed by atoms with E-state index >= 15 is 0 Å². The number of benzene rings is 1. The van der Waals surface area contributed by atoms with Crippen LogP contribution in [0.3, 0.4) is 0 Å². The van der Waals surface area contributed by atoms with Gasteiger partial charge in [0.15, 0.2) is 0 Å². The molecule has 1 atom stereocenters. The monoisotopic (exact) mass is 210 g/mol. The fraction of sp³-hybridized carbons (Fsp3) is 0.333. The lowest BCUT2D eigenvalue weighted by atomic mass is 10.1. The van der Waals surface area contributed by atoms with E-state index in [2.05, 4.69) is 12.1 Å². The van der Waals surface area contributed by atoms with Crippen molar-refractivity contribution in [3.05, 3.63) is 29.3 Å². The second-order valence-electron chi connectivity index (χ2n) is 3.50. The molecule has 0 radical (unpaired) electrons. The normalized spacial score (nSPS) is 24.6. The summed E-state index contributed by atoms with van der Waals surface area (Å²) in [6.07, 6.45) is 2.08. The summed E-state index contributed by atoms with van der Waals surface area (Å²) in [5, 5.41) is 1.40. The fourth-order valence-corrected chi connectivity index (χ4v) is 2.19. The lowest BCUT2D eigenvalue weighted by Crippen LogP contribution is -2.26. The van der Waals surface area contributed by atoms with E-state index in [0.29, 0.717) is 0 Å². The van der Waals surface area contributed by atoms with Crippen LogP contribution >= 0.6 is 12.3 Å². The van der Waals surface area contributed by atoms with Crippen LogP contribution < -0.4 is 11.0 Å². The van der Waals surface area contributed by atoms with Crippen LogP contribution in [0.1, 0.15) is 23.6 Å². The van der Waals surface area contributed by atoms with E-state index in [1.807, 2.05) is 6.07 Å². The van der Waals surface area contributed by atoms with Gasteiger partial charge in [-0.1, -0.05) is 11.3 Å². The Labute approximate surface area is 86.3 Å². The quantitative estimate of drug-likeness (QED) is 0.717. The molecule has 2 aliphatic rings. The Hall–Kier alpha value is -0.750. The summed E-state index contributed by atoms with van der Waals surface area (Å²) >= 11 is 0.975. The van der Waals surface area contributed by atoms with Crippen LogP contribution in [0.5, 0.6) is 0 Å². The highest BCUT2D eigenvalue weighted by Gasteiger charge is 2.24. The molecule has 1 unspecified atom stereocenters. The molecule has 14 heavy (non-hydrogen) atoms. The minimum absolute atomic E-state index is 0.201. The van der Waals surface area contributed by atoms with Gasteiger partial charge in [0.25, 0.3) is 0 Å². The van der Waals surface area contributed by atoms with Crippen LogP contribution in [0.4, 0.5) is 5.69 Å². The minimum Gasteiger partial charge on any atom is -0.324 e. The van der Waals surface area contributed by atoms with Gasteiger partial charge in [-0.15, -0.1) is 8.57 Å². The zero-order valence-electron chi connectivity index (χ0n) is 7.47. The van der Waals surface area contributed by atoms with E-state index < -0.39 is 0 Å². The Kier molecular flexibility index (Phi) is 1.91. The van der Waals surface area contributed by atoms with E-state index in [1.165, 1.54) is 16.4 Å². The average Bonchev–Trinajstić information content (AvgIpc) is 2.45. The van der Waals surface area contributed by atoms with Crippen molar-refractivity contribution in [1.29, 1.82) is 0 Å². The number of fused-ring (bicyclic) bond motifs is 1. The van der Waals surface area contributed by atoms with E-state index in [4.69, 9.17) is 14.3 Å². The molecule has 1 aliphatic heterocycles. The molecule has 1 aliphatic carbocycles. The second kappa shape index (κ2) is 3.13. The summed E-state index contributed by atoms with van der Waals surface area (Å²) in [4.78, 5) is 0. The van der Waals surface area contributed by atoms with Gasteiger partial charge in [0, 0.05) is 6.04 Å². The predicted octanol–water partition coefficient (Wildman–Crippen LogP) is 1.88. The third kappa shape index (κ3) is 1.21. The Morgan fingerprint density at radius 1 is 1.43 bits per heavy atom. The number of anilines is 1. The Balaban J connectivity index is 1.95. The molecule has 3 rings (SSSR count). The van der Waals surface area contributed by atoms with Crippen LogP contribution in [0.2, 0.25) is 0 Å². The molecule has 1 aromatic carbocycles. The van der Waals surface area contributed by atoms with Crippen LogP contribution in [0.15, 0.2) is 18.2 Å². The molecule has 1 fully saturated rings. The van der Waals surface area contributed by atoms with Gasteiger partial charge >= 0.3 is 0 Å². The smallest absolute Gasteiger partial charge is 0.217 e. The summed E-state index contributed by atoms with van der Waals surface area (Å²) in [5.41, 5.74) is 9.42. The van der Waals surface area contributed by atoms with E-state index in [-0.39, 0.29) is 6.04 Å². The molecule has 0 bridgehead atoms. The van der Waals surface area contributed by atoms with Crippen molar-refractivity contribution in [3.8, 4) is 0 Å². The third-order valence-electron chi connectivity index (χ3n) is 2.66. The van der Waals surface area contributed by atoms with Crippen LogP contribution in [-0.2, 0) is 15.0 Å². The van der Waals surface area contributed by atoms with Gasteiger partial charge in [-0.25, -0.2) is 0 Å². The van der Waals surface area contributed by atoms with E-state index in [0.717, 1.165) is 30.9 Å². The summed E-state index contributed by atoms with van der Waals surface area (Å²) < 4.78 is 10.00. The second-order valence-corrected chi connectivity index (χ2v) is 3.94. The van der Waals surface area contributed by atoms with Crippen molar-refractivity contribution in [2.24, 2.45) is 5.73 Å². The predicted molar refractivity (Wildman–Crippen MR) is 53.9 cm³/mol. The van der Waals surface area contributed by atoms with Crippen LogP contribution in [-0.4, -0.2) is 0 Å². The SMILES string of the molecule is NC1CCc2cc(N3OSO3)ccc21. The maximum absolute atomic E-state index is 5.94. The maximum atomic E-state index is 5.94. The first kappa shape index (κ1) is 8.55. The van der Waals surface area contributed by atoms with Crippen LogP contribution in [0.25, 0.3) is 0 Å². The van der Waals surface area contributed by atoms with Crippen molar-refractivity contribution < 1.29 is 8.57 Å². The molecule has 1 aromatic rings. The number of nitrogens with two attached hydrogens (primary N) is 1. The number of hydrogen-bond acceptors (Lipinski definition) is 5. The fourth-order valence-electron chi connectivity index (χ4n) is 1.90. The van der Waals surface area contributed by atoms with E-state index in [1.54, 1.807) is 0 Å². The molecule has 2 N–H and O–H groups in total. The summed E-state index contributed by atoms with van der Waals surface area (Å²) in [6, 6.07) is 6.29. The number of rotatable bonds is 1. The first-order valence-electron chi connectivity index (χ1n) is 4.54. The van der Waals surface area contributed by atoms with Gasteiger partial charge in [-0.2, -0.15) is 0 Å². The lowest BCUT2D eigenvalue weighted by Gasteiger charge is -2.26. The Bertz CT molecular complexity index is 368. The molecular weight excluding hydrogens is 200 g/mol. The molecule has 1 heterocycles. The van der Waals surface area contributed by atoms with Gasteiger partial charge < -0.3 is 5.73 Å². The minimum atomic E-state index is 0.201. The highest BCUT2D eigenvalue weighted by Crippen LogP contribution is 2.36. The summed E-state index contributed by atoms with van der Waals surface area (Å²) in [5.74, 6) is 0. The van der Waals surface area contributed by atoms with Crippen LogP contribution in [0, 0.1) is 0 Å². The van der Waals surface area contributed by atoms with Crippen molar-refractivity contribution in [1.82, 2.24) is 0 Å². The average molecular weight is 210 g/mol. The van der Waals surface area contributed by atoms with Gasteiger partial charge in [-0.05, 0) is 36.1 Å². The van der Waals surface area contributed by atoms with Crippen molar-refractivity contribution in [3.63, 3.8) is 0 Å². The molecule has 0 amide bonds. The lowest BCUT2D eigenvalue weighted by molar-refractivity contribution is 0.0269. The molecule has 0 saturated carbocycles. The number of hydrogen-bond donors (Lipinski definition) is 1. The summed E-state index contributed by atoms with van der Waals surface area (Å²) in [6.45, 7) is 0.